The Morgan fingerprint density at radius 3 is 2.92 bits per heavy atom. The largest absolute Gasteiger partial charge is 0.246 e. The maximum atomic E-state index is 5.64. The van der Waals surface area contributed by atoms with Crippen LogP contribution in [0, 0.1) is 0 Å². The molecule has 0 saturated carbocycles. The quantitative estimate of drug-likeness (QED) is 0.636. The highest BCUT2D eigenvalue weighted by Gasteiger charge is 2.04. The second-order valence-corrected chi connectivity index (χ2v) is 2.79. The lowest BCUT2D eigenvalue weighted by molar-refractivity contribution is 0.719. The molecule has 2 aromatic rings. The van der Waals surface area contributed by atoms with E-state index in [0.717, 1.165) is 5.69 Å². The molecule has 13 heavy (non-hydrogen) atoms. The molecular formula is C7H6ClN5. The minimum Gasteiger partial charge on any atom is -0.246 e. The van der Waals surface area contributed by atoms with Crippen LogP contribution in [0.5, 0.6) is 0 Å². The lowest BCUT2D eigenvalue weighted by Crippen LogP contribution is -1.95. The fraction of sp³-hybridized carbons (Fsp3) is 0.143. The Morgan fingerprint density at radius 1 is 1.46 bits per heavy atom. The van der Waals surface area contributed by atoms with Crippen LogP contribution in [0.4, 0.5) is 0 Å². The minimum atomic E-state index is 0.221. The van der Waals surface area contributed by atoms with Gasteiger partial charge in [0.15, 0.2) is 0 Å². The van der Waals surface area contributed by atoms with E-state index in [2.05, 4.69) is 20.3 Å². The Bertz CT molecular complexity index is 424. The molecule has 0 aliphatic rings. The molecular weight excluding hydrogens is 190 g/mol. The number of aryl methyl sites for hydroxylation is 1. The summed E-state index contributed by atoms with van der Waals surface area (Å²) in [5.74, 6) is 0. The summed E-state index contributed by atoms with van der Waals surface area (Å²) in [6.07, 6.45) is 3.22. The summed E-state index contributed by atoms with van der Waals surface area (Å²) in [4.78, 5) is 7.81. The highest BCUT2D eigenvalue weighted by molar-refractivity contribution is 6.28. The molecule has 0 bridgehead atoms. The predicted molar refractivity (Wildman–Crippen MR) is 47.0 cm³/mol. The van der Waals surface area contributed by atoms with Crippen LogP contribution in [-0.2, 0) is 7.05 Å². The molecule has 0 N–H and O–H groups in total. The fourth-order valence-electron chi connectivity index (χ4n) is 0.999. The monoisotopic (exact) mass is 195 g/mol. The highest BCUT2D eigenvalue weighted by Crippen LogP contribution is 2.14. The van der Waals surface area contributed by atoms with E-state index in [0.29, 0.717) is 5.69 Å². The Kier molecular flexibility index (Phi) is 1.94. The van der Waals surface area contributed by atoms with Gasteiger partial charge in [-0.15, -0.1) is 5.10 Å². The standard InChI is InChI=1S/C7H6ClN5/c1-13-6(4-10-12-13)5-2-3-9-7(8)11-5/h2-4H,1H3. The molecule has 2 aromatic heterocycles. The first-order valence-corrected chi connectivity index (χ1v) is 3.99. The van der Waals surface area contributed by atoms with Crippen molar-refractivity contribution in [3.63, 3.8) is 0 Å². The lowest BCUT2D eigenvalue weighted by atomic mass is 10.3. The molecule has 0 spiro atoms. The molecule has 66 valence electrons. The normalized spacial score (nSPS) is 10.3. The maximum absolute atomic E-state index is 5.64. The van der Waals surface area contributed by atoms with Gasteiger partial charge in [-0.25, -0.2) is 14.6 Å². The van der Waals surface area contributed by atoms with Gasteiger partial charge in [0.05, 0.1) is 11.9 Å². The summed E-state index contributed by atoms with van der Waals surface area (Å²) >= 11 is 5.64. The minimum absolute atomic E-state index is 0.221. The average molecular weight is 196 g/mol. The third-order valence-corrected chi connectivity index (χ3v) is 1.79. The van der Waals surface area contributed by atoms with Crippen molar-refractivity contribution >= 4 is 11.6 Å². The first-order chi connectivity index (χ1) is 6.27. The van der Waals surface area contributed by atoms with Crippen molar-refractivity contribution < 1.29 is 0 Å². The molecule has 0 unspecified atom stereocenters. The summed E-state index contributed by atoms with van der Waals surface area (Å²) in [5, 5.41) is 7.74. The summed E-state index contributed by atoms with van der Waals surface area (Å²) in [7, 11) is 1.79. The predicted octanol–water partition coefficient (Wildman–Crippen LogP) is 0.925. The van der Waals surface area contributed by atoms with Gasteiger partial charge in [-0.2, -0.15) is 0 Å². The van der Waals surface area contributed by atoms with Gasteiger partial charge in [0, 0.05) is 13.2 Å². The van der Waals surface area contributed by atoms with Crippen LogP contribution in [0.3, 0.4) is 0 Å². The van der Waals surface area contributed by atoms with Crippen molar-refractivity contribution in [2.24, 2.45) is 7.05 Å². The summed E-state index contributed by atoms with van der Waals surface area (Å²) in [6.45, 7) is 0. The number of rotatable bonds is 1. The smallest absolute Gasteiger partial charge is 0.222 e. The second-order valence-electron chi connectivity index (χ2n) is 2.45. The summed E-state index contributed by atoms with van der Waals surface area (Å²) in [5.41, 5.74) is 1.52. The number of hydrogen-bond acceptors (Lipinski definition) is 4. The van der Waals surface area contributed by atoms with Gasteiger partial charge in [-0.05, 0) is 17.7 Å². The van der Waals surface area contributed by atoms with Gasteiger partial charge in [-0.1, -0.05) is 5.21 Å². The van der Waals surface area contributed by atoms with Gasteiger partial charge in [-0.3, -0.25) is 0 Å². The molecule has 0 amide bonds. The first-order valence-electron chi connectivity index (χ1n) is 3.61. The van der Waals surface area contributed by atoms with Gasteiger partial charge in [0.1, 0.15) is 5.69 Å². The van der Waals surface area contributed by atoms with Gasteiger partial charge >= 0.3 is 0 Å². The van der Waals surface area contributed by atoms with E-state index in [9.17, 15) is 0 Å². The molecule has 6 heteroatoms. The van der Waals surface area contributed by atoms with Crippen LogP contribution in [0.25, 0.3) is 11.4 Å². The van der Waals surface area contributed by atoms with Crippen LogP contribution in [-0.4, -0.2) is 25.0 Å². The van der Waals surface area contributed by atoms with E-state index in [4.69, 9.17) is 11.6 Å². The van der Waals surface area contributed by atoms with E-state index in [1.807, 2.05) is 0 Å². The van der Waals surface area contributed by atoms with E-state index in [1.54, 1.807) is 30.2 Å². The third kappa shape index (κ3) is 1.50. The van der Waals surface area contributed by atoms with E-state index in [-0.39, 0.29) is 5.28 Å². The molecule has 0 aliphatic heterocycles. The van der Waals surface area contributed by atoms with E-state index < -0.39 is 0 Å². The maximum Gasteiger partial charge on any atom is 0.222 e. The zero-order chi connectivity index (χ0) is 9.26. The Balaban J connectivity index is 2.53. The molecule has 0 fully saturated rings. The van der Waals surface area contributed by atoms with Crippen LogP contribution in [0.1, 0.15) is 0 Å². The number of halogens is 1. The number of hydrogen-bond donors (Lipinski definition) is 0. The van der Waals surface area contributed by atoms with Crippen molar-refractivity contribution in [3.05, 3.63) is 23.7 Å². The van der Waals surface area contributed by atoms with Crippen molar-refractivity contribution in [1.82, 2.24) is 25.0 Å². The zero-order valence-corrected chi connectivity index (χ0v) is 7.60. The second kappa shape index (κ2) is 3.10. The van der Waals surface area contributed by atoms with Crippen LogP contribution in [0.15, 0.2) is 18.5 Å². The van der Waals surface area contributed by atoms with Crippen LogP contribution < -0.4 is 0 Å². The molecule has 0 radical (unpaired) electrons. The van der Waals surface area contributed by atoms with Gasteiger partial charge < -0.3 is 0 Å². The Morgan fingerprint density at radius 2 is 2.31 bits per heavy atom. The number of aromatic nitrogens is 5. The molecule has 2 rings (SSSR count). The first kappa shape index (κ1) is 8.12. The van der Waals surface area contributed by atoms with E-state index >= 15 is 0 Å². The molecule has 0 aliphatic carbocycles. The molecule has 0 atom stereocenters. The Hall–Kier alpha value is -1.49. The van der Waals surface area contributed by atoms with Crippen LogP contribution in [0.2, 0.25) is 5.28 Å². The summed E-state index contributed by atoms with van der Waals surface area (Å²) < 4.78 is 1.62. The van der Waals surface area contributed by atoms with Crippen molar-refractivity contribution in [3.8, 4) is 11.4 Å². The Labute approximate surface area is 79.4 Å². The average Bonchev–Trinajstić information content (AvgIpc) is 2.51. The third-order valence-electron chi connectivity index (χ3n) is 1.60. The van der Waals surface area contributed by atoms with Crippen molar-refractivity contribution in [2.75, 3.05) is 0 Å². The van der Waals surface area contributed by atoms with Gasteiger partial charge in [0.25, 0.3) is 0 Å². The highest BCUT2D eigenvalue weighted by atomic mass is 35.5. The SMILES string of the molecule is Cn1nncc1-c1ccnc(Cl)n1. The topological polar surface area (TPSA) is 56.5 Å². The van der Waals surface area contributed by atoms with E-state index in [1.165, 1.54) is 0 Å². The van der Waals surface area contributed by atoms with Crippen LogP contribution >= 0.6 is 11.6 Å². The number of nitrogens with zero attached hydrogens (tertiary/aromatic N) is 5. The fourth-order valence-corrected chi connectivity index (χ4v) is 1.15. The molecule has 2 heterocycles. The van der Waals surface area contributed by atoms with Crippen molar-refractivity contribution in [2.45, 2.75) is 0 Å². The molecule has 5 nitrogen and oxygen atoms in total. The van der Waals surface area contributed by atoms with Crippen molar-refractivity contribution in [1.29, 1.82) is 0 Å². The zero-order valence-electron chi connectivity index (χ0n) is 6.85. The molecule has 0 aromatic carbocycles. The molecule has 0 saturated heterocycles. The lowest BCUT2D eigenvalue weighted by Gasteiger charge is -1.98. The van der Waals surface area contributed by atoms with Gasteiger partial charge in [0.2, 0.25) is 5.28 Å². The summed E-state index contributed by atoms with van der Waals surface area (Å²) in [6, 6.07) is 1.75.